The molecule has 11 heavy (non-hydrogen) atoms. The Bertz CT molecular complexity index is 241. The molecule has 4 atom stereocenters. The van der Waals surface area contributed by atoms with Gasteiger partial charge in [0, 0.05) is 12.3 Å². The zero-order valence-corrected chi connectivity index (χ0v) is 6.49. The van der Waals surface area contributed by atoms with Crippen LogP contribution in [-0.2, 0) is 4.79 Å². The second-order valence-corrected chi connectivity index (χ2v) is 4.14. The Morgan fingerprint density at radius 2 is 2.09 bits per heavy atom. The Hall–Kier alpha value is -0.590. The molecule has 0 saturated heterocycles. The summed E-state index contributed by atoms with van der Waals surface area (Å²) >= 11 is 0. The molecule has 0 aliphatic heterocycles. The maximum Gasteiger partial charge on any atom is 0.136 e. The molecule has 0 amide bonds. The van der Waals surface area contributed by atoms with Gasteiger partial charge in [-0.25, -0.2) is 0 Å². The molecular formula is C10H12O. The first-order chi connectivity index (χ1) is 5.36. The Morgan fingerprint density at radius 1 is 1.27 bits per heavy atom. The van der Waals surface area contributed by atoms with Crippen LogP contribution in [0.4, 0.5) is 0 Å². The van der Waals surface area contributed by atoms with Crippen molar-refractivity contribution in [1.82, 2.24) is 0 Å². The quantitative estimate of drug-likeness (QED) is 0.479. The van der Waals surface area contributed by atoms with E-state index in [0.29, 0.717) is 17.6 Å². The third-order valence-corrected chi connectivity index (χ3v) is 3.72. The second-order valence-electron chi connectivity index (χ2n) is 4.14. The van der Waals surface area contributed by atoms with Gasteiger partial charge in [-0.2, -0.15) is 0 Å². The summed E-state index contributed by atoms with van der Waals surface area (Å²) in [6, 6.07) is 0. The van der Waals surface area contributed by atoms with Crippen LogP contribution in [0.2, 0.25) is 0 Å². The molecule has 0 aromatic heterocycles. The normalized spacial score (nSPS) is 52.2. The van der Waals surface area contributed by atoms with Gasteiger partial charge in [-0.05, 0) is 30.6 Å². The molecule has 2 bridgehead atoms. The second kappa shape index (κ2) is 1.77. The first kappa shape index (κ1) is 5.99. The van der Waals surface area contributed by atoms with E-state index in [0.717, 1.165) is 18.3 Å². The number of allylic oxidation sites excluding steroid dienone is 2. The van der Waals surface area contributed by atoms with Crippen LogP contribution in [0.25, 0.3) is 0 Å². The summed E-state index contributed by atoms with van der Waals surface area (Å²) in [5, 5.41) is 0. The van der Waals surface area contributed by atoms with Crippen molar-refractivity contribution in [2.24, 2.45) is 23.7 Å². The summed E-state index contributed by atoms with van der Waals surface area (Å²) in [5.41, 5.74) is 0. The van der Waals surface area contributed by atoms with Crippen molar-refractivity contribution in [2.75, 3.05) is 0 Å². The summed E-state index contributed by atoms with van der Waals surface area (Å²) in [4.78, 5) is 11.4. The maximum atomic E-state index is 11.4. The van der Waals surface area contributed by atoms with Gasteiger partial charge in [0.05, 0.1) is 0 Å². The fourth-order valence-corrected chi connectivity index (χ4v) is 3.27. The minimum atomic E-state index is 0.449. The molecule has 0 heterocycles. The topological polar surface area (TPSA) is 17.1 Å². The highest BCUT2D eigenvalue weighted by atomic mass is 16.1. The third kappa shape index (κ3) is 0.597. The first-order valence-corrected chi connectivity index (χ1v) is 4.57. The van der Waals surface area contributed by atoms with Gasteiger partial charge >= 0.3 is 0 Å². The van der Waals surface area contributed by atoms with E-state index >= 15 is 0 Å². The monoisotopic (exact) mass is 148 g/mol. The molecule has 0 unspecified atom stereocenters. The molecule has 2 fully saturated rings. The van der Waals surface area contributed by atoms with Crippen molar-refractivity contribution in [3.8, 4) is 0 Å². The number of rotatable bonds is 0. The van der Waals surface area contributed by atoms with Gasteiger partial charge < -0.3 is 0 Å². The van der Waals surface area contributed by atoms with Crippen LogP contribution >= 0.6 is 0 Å². The fourth-order valence-electron chi connectivity index (χ4n) is 3.27. The van der Waals surface area contributed by atoms with Crippen molar-refractivity contribution in [3.63, 3.8) is 0 Å². The van der Waals surface area contributed by atoms with Crippen LogP contribution in [0.1, 0.15) is 19.3 Å². The van der Waals surface area contributed by atoms with Gasteiger partial charge in [-0.15, -0.1) is 0 Å². The molecule has 3 aliphatic carbocycles. The molecule has 3 rings (SSSR count). The van der Waals surface area contributed by atoms with Crippen molar-refractivity contribution in [1.29, 1.82) is 0 Å². The lowest BCUT2D eigenvalue weighted by molar-refractivity contribution is -0.121. The minimum absolute atomic E-state index is 0.449. The Kier molecular flexibility index (Phi) is 0.961. The molecule has 0 spiro atoms. The van der Waals surface area contributed by atoms with Crippen LogP contribution < -0.4 is 0 Å². The zero-order valence-electron chi connectivity index (χ0n) is 6.49. The molecule has 0 aromatic carbocycles. The lowest BCUT2D eigenvalue weighted by Gasteiger charge is -2.17. The van der Waals surface area contributed by atoms with Gasteiger partial charge in [0.25, 0.3) is 0 Å². The number of Topliss-reactive ketones (excluding diaryl/α,β-unsaturated/α-hetero) is 1. The van der Waals surface area contributed by atoms with E-state index in [9.17, 15) is 4.79 Å². The first-order valence-electron chi connectivity index (χ1n) is 4.57. The van der Waals surface area contributed by atoms with E-state index in [-0.39, 0.29) is 0 Å². The predicted molar refractivity (Wildman–Crippen MR) is 42.0 cm³/mol. The fraction of sp³-hybridized carbons (Fsp3) is 0.700. The molecular weight excluding hydrogens is 136 g/mol. The van der Waals surface area contributed by atoms with E-state index in [4.69, 9.17) is 0 Å². The summed E-state index contributed by atoms with van der Waals surface area (Å²) in [7, 11) is 0. The smallest absolute Gasteiger partial charge is 0.136 e. The van der Waals surface area contributed by atoms with E-state index in [1.165, 1.54) is 12.8 Å². The van der Waals surface area contributed by atoms with E-state index in [1.807, 2.05) is 0 Å². The molecule has 0 N–H and O–H groups in total. The third-order valence-electron chi connectivity index (χ3n) is 3.72. The van der Waals surface area contributed by atoms with Gasteiger partial charge in [0.2, 0.25) is 0 Å². The van der Waals surface area contributed by atoms with Crippen LogP contribution in [0.15, 0.2) is 12.2 Å². The number of hydrogen-bond acceptors (Lipinski definition) is 1. The van der Waals surface area contributed by atoms with E-state index in [2.05, 4.69) is 12.2 Å². The highest BCUT2D eigenvalue weighted by molar-refractivity contribution is 5.84. The van der Waals surface area contributed by atoms with Crippen molar-refractivity contribution >= 4 is 5.78 Å². The Morgan fingerprint density at radius 3 is 2.91 bits per heavy atom. The van der Waals surface area contributed by atoms with Crippen LogP contribution in [0, 0.1) is 23.7 Å². The summed E-state index contributed by atoms with van der Waals surface area (Å²) < 4.78 is 0. The molecule has 58 valence electrons. The lowest BCUT2D eigenvalue weighted by Crippen LogP contribution is -2.18. The highest BCUT2D eigenvalue weighted by Gasteiger charge is 2.50. The van der Waals surface area contributed by atoms with Crippen molar-refractivity contribution in [3.05, 3.63) is 12.2 Å². The maximum absolute atomic E-state index is 11.4. The number of carbonyl (C=O) groups excluding carboxylic acids is 1. The summed E-state index contributed by atoms with van der Waals surface area (Å²) in [5.74, 6) is 3.16. The Balaban J connectivity index is 2.03. The SMILES string of the molecule is O=C1CC[C@@H]2[C@@H]1[C@H]1C=C[C@H]2C1. The molecule has 1 heteroatoms. The highest BCUT2D eigenvalue weighted by Crippen LogP contribution is 2.53. The number of fused-ring (bicyclic) bond motifs is 5. The molecule has 0 radical (unpaired) electrons. The van der Waals surface area contributed by atoms with Gasteiger partial charge in [0.15, 0.2) is 0 Å². The molecule has 1 nitrogen and oxygen atoms in total. The van der Waals surface area contributed by atoms with E-state index < -0.39 is 0 Å². The van der Waals surface area contributed by atoms with Crippen molar-refractivity contribution < 1.29 is 4.79 Å². The van der Waals surface area contributed by atoms with Crippen LogP contribution in [-0.4, -0.2) is 5.78 Å². The average molecular weight is 148 g/mol. The largest absolute Gasteiger partial charge is 0.299 e. The van der Waals surface area contributed by atoms with Crippen LogP contribution in [0.3, 0.4) is 0 Å². The standard InChI is InChI=1S/C10H12O/c11-9-4-3-8-6-1-2-7(5-6)10(8)9/h1-2,6-8,10H,3-5H2/t6-,7-,8-,10-/m0/s1. The molecule has 2 saturated carbocycles. The zero-order chi connectivity index (χ0) is 7.42. The van der Waals surface area contributed by atoms with Gasteiger partial charge in [-0.1, -0.05) is 12.2 Å². The summed E-state index contributed by atoms with van der Waals surface area (Å²) in [6.45, 7) is 0. The van der Waals surface area contributed by atoms with E-state index in [1.54, 1.807) is 0 Å². The van der Waals surface area contributed by atoms with Gasteiger partial charge in [-0.3, -0.25) is 4.79 Å². The number of hydrogen-bond donors (Lipinski definition) is 0. The summed E-state index contributed by atoms with van der Waals surface area (Å²) in [6.07, 6.45) is 7.93. The minimum Gasteiger partial charge on any atom is -0.299 e. The average Bonchev–Trinajstić information content (AvgIpc) is 2.60. The Labute approximate surface area is 66.5 Å². The lowest BCUT2D eigenvalue weighted by atomic mass is 9.86. The number of carbonyl (C=O) groups is 1. The number of ketones is 1. The molecule has 0 aromatic rings. The molecule has 3 aliphatic rings. The van der Waals surface area contributed by atoms with Gasteiger partial charge in [0.1, 0.15) is 5.78 Å². The predicted octanol–water partition coefficient (Wildman–Crippen LogP) is 1.79. The van der Waals surface area contributed by atoms with Crippen molar-refractivity contribution in [2.45, 2.75) is 19.3 Å². The van der Waals surface area contributed by atoms with Crippen LogP contribution in [0.5, 0.6) is 0 Å².